The molecule has 0 amide bonds. The molecule has 0 fully saturated rings. The Kier molecular flexibility index (Phi) is 4.42. The molecule has 0 saturated heterocycles. The Balaban J connectivity index is 4.07. The monoisotopic (exact) mass is 173 g/mol. The SMILES string of the molecule is CCOCC(=O)C(C)(C)N(C)C. The van der Waals surface area contributed by atoms with E-state index < -0.39 is 5.54 Å². The highest BCUT2D eigenvalue weighted by atomic mass is 16.5. The summed E-state index contributed by atoms with van der Waals surface area (Å²) in [4.78, 5) is 13.4. The van der Waals surface area contributed by atoms with Crippen LogP contribution in [0.25, 0.3) is 0 Å². The van der Waals surface area contributed by atoms with E-state index in [1.165, 1.54) is 0 Å². The van der Waals surface area contributed by atoms with E-state index in [2.05, 4.69) is 0 Å². The average molecular weight is 173 g/mol. The number of hydrogen-bond acceptors (Lipinski definition) is 3. The Morgan fingerprint density at radius 3 is 2.25 bits per heavy atom. The molecule has 0 rings (SSSR count). The van der Waals surface area contributed by atoms with Gasteiger partial charge in [-0.2, -0.15) is 0 Å². The summed E-state index contributed by atoms with van der Waals surface area (Å²) in [6, 6.07) is 0. The molecule has 72 valence electrons. The molecule has 0 saturated carbocycles. The van der Waals surface area contributed by atoms with Crippen molar-refractivity contribution in [2.75, 3.05) is 27.3 Å². The van der Waals surface area contributed by atoms with Crippen LogP contribution in [0.15, 0.2) is 0 Å². The quantitative estimate of drug-likeness (QED) is 0.619. The molecule has 12 heavy (non-hydrogen) atoms. The van der Waals surface area contributed by atoms with Crippen LogP contribution in [-0.4, -0.2) is 43.5 Å². The standard InChI is InChI=1S/C9H19NO2/c1-6-12-7-8(11)9(2,3)10(4)5/h6-7H2,1-5H3. The summed E-state index contributed by atoms with van der Waals surface area (Å²) in [7, 11) is 3.79. The molecule has 3 heteroatoms. The maximum Gasteiger partial charge on any atom is 0.178 e. The van der Waals surface area contributed by atoms with Gasteiger partial charge in [0.05, 0.1) is 5.54 Å². The van der Waals surface area contributed by atoms with Crippen molar-refractivity contribution < 1.29 is 9.53 Å². The molecule has 0 aliphatic carbocycles. The maximum absolute atomic E-state index is 11.5. The molecule has 0 N–H and O–H groups in total. The maximum atomic E-state index is 11.5. The molecule has 3 nitrogen and oxygen atoms in total. The summed E-state index contributed by atoms with van der Waals surface area (Å²) >= 11 is 0. The lowest BCUT2D eigenvalue weighted by molar-refractivity contribution is -0.132. The average Bonchev–Trinajstić information content (AvgIpc) is 1.99. The van der Waals surface area contributed by atoms with Crippen LogP contribution in [0.3, 0.4) is 0 Å². The van der Waals surface area contributed by atoms with Gasteiger partial charge in [-0.3, -0.25) is 9.69 Å². The van der Waals surface area contributed by atoms with Gasteiger partial charge in [-0.1, -0.05) is 0 Å². The van der Waals surface area contributed by atoms with Gasteiger partial charge in [0.15, 0.2) is 5.78 Å². The zero-order valence-electron chi connectivity index (χ0n) is 8.68. The number of hydrogen-bond donors (Lipinski definition) is 0. The topological polar surface area (TPSA) is 29.5 Å². The molecule has 0 spiro atoms. The Bertz CT molecular complexity index is 153. The molecule has 0 unspecified atom stereocenters. The zero-order chi connectivity index (χ0) is 9.78. The van der Waals surface area contributed by atoms with Crippen molar-refractivity contribution >= 4 is 5.78 Å². The Morgan fingerprint density at radius 2 is 1.92 bits per heavy atom. The van der Waals surface area contributed by atoms with Gasteiger partial charge >= 0.3 is 0 Å². The fourth-order valence-corrected chi connectivity index (χ4v) is 0.621. The van der Waals surface area contributed by atoms with E-state index in [-0.39, 0.29) is 12.4 Å². The van der Waals surface area contributed by atoms with Crippen molar-refractivity contribution in [3.8, 4) is 0 Å². The number of carbonyl (C=O) groups is 1. The van der Waals surface area contributed by atoms with E-state index >= 15 is 0 Å². The number of ether oxygens (including phenoxy) is 1. The smallest absolute Gasteiger partial charge is 0.178 e. The summed E-state index contributed by atoms with van der Waals surface area (Å²) in [5.74, 6) is 0.120. The van der Waals surface area contributed by atoms with Crippen LogP contribution in [0.2, 0.25) is 0 Å². The molecule has 0 aliphatic heterocycles. The third-order valence-electron chi connectivity index (χ3n) is 2.24. The lowest BCUT2D eigenvalue weighted by atomic mass is 9.98. The molecule has 0 aliphatic rings. The van der Waals surface area contributed by atoms with E-state index in [1.54, 1.807) is 0 Å². The van der Waals surface area contributed by atoms with Gasteiger partial charge in [-0.15, -0.1) is 0 Å². The van der Waals surface area contributed by atoms with Crippen molar-refractivity contribution in [2.45, 2.75) is 26.3 Å². The Hall–Kier alpha value is -0.410. The predicted octanol–water partition coefficient (Wildman–Crippen LogP) is 0.932. The van der Waals surface area contributed by atoms with Crippen molar-refractivity contribution in [3.63, 3.8) is 0 Å². The molecule has 0 bridgehead atoms. The largest absolute Gasteiger partial charge is 0.374 e. The second-order valence-corrected chi connectivity index (χ2v) is 3.51. The molecule has 0 aromatic rings. The fourth-order valence-electron chi connectivity index (χ4n) is 0.621. The summed E-state index contributed by atoms with van der Waals surface area (Å²) in [5.41, 5.74) is -0.421. The molecular formula is C9H19NO2. The van der Waals surface area contributed by atoms with Crippen molar-refractivity contribution in [1.82, 2.24) is 4.90 Å². The normalized spacial score (nSPS) is 12.2. The van der Waals surface area contributed by atoms with Crippen LogP contribution in [-0.2, 0) is 9.53 Å². The van der Waals surface area contributed by atoms with Gasteiger partial charge in [-0.05, 0) is 34.9 Å². The highest BCUT2D eigenvalue weighted by molar-refractivity contribution is 5.88. The number of Topliss-reactive ketones (excluding diaryl/α,β-unsaturated/α-hetero) is 1. The highest BCUT2D eigenvalue weighted by Gasteiger charge is 2.29. The van der Waals surface area contributed by atoms with Gasteiger partial charge in [-0.25, -0.2) is 0 Å². The summed E-state index contributed by atoms with van der Waals surface area (Å²) < 4.78 is 5.06. The van der Waals surface area contributed by atoms with Gasteiger partial charge in [0, 0.05) is 6.61 Å². The van der Waals surface area contributed by atoms with Crippen LogP contribution in [0.4, 0.5) is 0 Å². The molecule has 0 atom stereocenters. The van der Waals surface area contributed by atoms with Crippen molar-refractivity contribution in [3.05, 3.63) is 0 Å². The first-order valence-corrected chi connectivity index (χ1v) is 4.21. The minimum Gasteiger partial charge on any atom is -0.374 e. The lowest BCUT2D eigenvalue weighted by Crippen LogP contribution is -2.47. The Morgan fingerprint density at radius 1 is 1.42 bits per heavy atom. The first kappa shape index (κ1) is 11.6. The molecule has 0 aromatic heterocycles. The number of ketones is 1. The lowest BCUT2D eigenvalue weighted by Gasteiger charge is -2.30. The molecule has 0 radical (unpaired) electrons. The third-order valence-corrected chi connectivity index (χ3v) is 2.24. The van der Waals surface area contributed by atoms with Gasteiger partial charge in [0.2, 0.25) is 0 Å². The third kappa shape index (κ3) is 2.91. The van der Waals surface area contributed by atoms with Gasteiger partial charge < -0.3 is 4.74 Å². The fraction of sp³-hybridized carbons (Fsp3) is 0.889. The number of carbonyl (C=O) groups excluding carboxylic acids is 1. The number of rotatable bonds is 5. The van der Waals surface area contributed by atoms with E-state index in [9.17, 15) is 4.79 Å². The van der Waals surface area contributed by atoms with Crippen molar-refractivity contribution in [1.29, 1.82) is 0 Å². The number of nitrogens with zero attached hydrogens (tertiary/aromatic N) is 1. The summed E-state index contributed by atoms with van der Waals surface area (Å²) in [6.45, 7) is 6.48. The van der Waals surface area contributed by atoms with Crippen LogP contribution >= 0.6 is 0 Å². The second kappa shape index (κ2) is 4.58. The minimum absolute atomic E-state index is 0.120. The number of likely N-dealkylation sites (N-methyl/N-ethyl adjacent to an activating group) is 1. The first-order chi connectivity index (χ1) is 5.42. The van der Waals surface area contributed by atoms with E-state index in [0.717, 1.165) is 0 Å². The molecule has 0 heterocycles. The first-order valence-electron chi connectivity index (χ1n) is 4.21. The summed E-state index contributed by atoms with van der Waals surface area (Å²) in [5, 5.41) is 0. The van der Waals surface area contributed by atoms with Crippen LogP contribution in [0, 0.1) is 0 Å². The van der Waals surface area contributed by atoms with Crippen LogP contribution in [0.5, 0.6) is 0 Å². The molecular weight excluding hydrogens is 154 g/mol. The van der Waals surface area contributed by atoms with Crippen LogP contribution < -0.4 is 0 Å². The highest BCUT2D eigenvalue weighted by Crippen LogP contribution is 2.11. The van der Waals surface area contributed by atoms with Crippen LogP contribution in [0.1, 0.15) is 20.8 Å². The van der Waals surface area contributed by atoms with Gasteiger partial charge in [0.25, 0.3) is 0 Å². The Labute approximate surface area is 74.7 Å². The van der Waals surface area contributed by atoms with Gasteiger partial charge in [0.1, 0.15) is 6.61 Å². The summed E-state index contributed by atoms with van der Waals surface area (Å²) in [6.07, 6.45) is 0. The molecule has 0 aromatic carbocycles. The van der Waals surface area contributed by atoms with E-state index in [1.807, 2.05) is 39.8 Å². The predicted molar refractivity (Wildman–Crippen MR) is 49.3 cm³/mol. The van der Waals surface area contributed by atoms with E-state index in [4.69, 9.17) is 4.74 Å². The minimum atomic E-state index is -0.421. The zero-order valence-corrected chi connectivity index (χ0v) is 8.68. The van der Waals surface area contributed by atoms with Crippen molar-refractivity contribution in [2.24, 2.45) is 0 Å². The van der Waals surface area contributed by atoms with E-state index in [0.29, 0.717) is 6.61 Å². The second-order valence-electron chi connectivity index (χ2n) is 3.51.